The van der Waals surface area contributed by atoms with E-state index in [4.69, 9.17) is 4.98 Å². The van der Waals surface area contributed by atoms with E-state index in [2.05, 4.69) is 33.1 Å². The largest absolute Gasteiger partial charge is 0.373 e. The topological polar surface area (TPSA) is 44.3 Å². The fourth-order valence-corrected chi connectivity index (χ4v) is 3.35. The van der Waals surface area contributed by atoms with Crippen LogP contribution in [0.4, 0.5) is 11.6 Å². The van der Waals surface area contributed by atoms with Crippen molar-refractivity contribution >= 4 is 11.6 Å². The van der Waals surface area contributed by atoms with Gasteiger partial charge in [0.2, 0.25) is 0 Å². The lowest BCUT2D eigenvalue weighted by Crippen LogP contribution is -2.37. The summed E-state index contributed by atoms with van der Waals surface area (Å²) in [6.45, 7) is 6.86. The van der Waals surface area contributed by atoms with Gasteiger partial charge in [-0.2, -0.15) is 0 Å². The van der Waals surface area contributed by atoms with E-state index in [0.29, 0.717) is 0 Å². The second kappa shape index (κ2) is 5.95. The van der Waals surface area contributed by atoms with Gasteiger partial charge in [0.15, 0.2) is 0 Å². The lowest BCUT2D eigenvalue weighted by molar-refractivity contribution is 0.273. The Morgan fingerprint density at radius 3 is 2.90 bits per heavy atom. The summed E-state index contributed by atoms with van der Waals surface area (Å²) in [5.41, 5.74) is 0. The first kappa shape index (κ1) is 13.6. The van der Waals surface area contributed by atoms with Gasteiger partial charge in [0.1, 0.15) is 17.5 Å². The van der Waals surface area contributed by atoms with E-state index in [0.717, 1.165) is 43.0 Å². The maximum Gasteiger partial charge on any atom is 0.134 e. The molecule has 0 amide bonds. The maximum atomic E-state index is 4.74. The van der Waals surface area contributed by atoms with Crippen molar-refractivity contribution in [2.75, 3.05) is 43.4 Å². The van der Waals surface area contributed by atoms with Crippen LogP contribution in [-0.4, -0.2) is 54.1 Å². The zero-order valence-corrected chi connectivity index (χ0v) is 12.6. The number of hydrogen-bond acceptors (Lipinski definition) is 5. The molecule has 2 aliphatic rings. The second-order valence-corrected chi connectivity index (χ2v) is 5.76. The summed E-state index contributed by atoms with van der Waals surface area (Å²) in [6, 6.07) is 2.81. The van der Waals surface area contributed by atoms with Crippen molar-refractivity contribution in [1.82, 2.24) is 14.9 Å². The summed E-state index contributed by atoms with van der Waals surface area (Å²) >= 11 is 0. The standard InChI is InChI=1S/C15H25N5/c1-3-13-17-14(16-2)10-15(18-13)20-9-5-8-19-7-4-6-12(19)11-20/h10,12H,3-9,11H2,1-2H3,(H,16,17,18). The van der Waals surface area contributed by atoms with E-state index in [-0.39, 0.29) is 0 Å². The van der Waals surface area contributed by atoms with Crippen LogP contribution in [0.2, 0.25) is 0 Å². The predicted octanol–water partition coefficient (Wildman–Crippen LogP) is 1.76. The molecule has 0 aliphatic carbocycles. The van der Waals surface area contributed by atoms with Crippen LogP contribution in [-0.2, 0) is 6.42 Å². The van der Waals surface area contributed by atoms with Gasteiger partial charge < -0.3 is 10.2 Å². The molecule has 3 rings (SSSR count). The molecule has 110 valence electrons. The molecule has 2 fully saturated rings. The lowest BCUT2D eigenvalue weighted by Gasteiger charge is -2.26. The number of aryl methyl sites for hydroxylation is 1. The Morgan fingerprint density at radius 2 is 2.10 bits per heavy atom. The van der Waals surface area contributed by atoms with Crippen LogP contribution >= 0.6 is 0 Å². The normalized spacial score (nSPS) is 23.5. The van der Waals surface area contributed by atoms with Crippen molar-refractivity contribution in [3.63, 3.8) is 0 Å². The third-order valence-corrected chi connectivity index (χ3v) is 4.46. The first-order valence-corrected chi connectivity index (χ1v) is 7.85. The smallest absolute Gasteiger partial charge is 0.134 e. The Balaban J connectivity index is 1.83. The van der Waals surface area contributed by atoms with Crippen LogP contribution in [0.3, 0.4) is 0 Å². The molecule has 0 aromatic carbocycles. The molecule has 0 spiro atoms. The van der Waals surface area contributed by atoms with Gasteiger partial charge in [-0.15, -0.1) is 0 Å². The molecule has 1 unspecified atom stereocenters. The molecule has 5 heteroatoms. The molecular formula is C15H25N5. The Labute approximate surface area is 121 Å². The maximum absolute atomic E-state index is 4.74. The quantitative estimate of drug-likeness (QED) is 0.910. The third kappa shape index (κ3) is 2.73. The molecule has 5 nitrogen and oxygen atoms in total. The van der Waals surface area contributed by atoms with E-state index in [1.54, 1.807) is 0 Å². The fraction of sp³-hybridized carbons (Fsp3) is 0.733. The minimum absolute atomic E-state index is 0.718. The van der Waals surface area contributed by atoms with Crippen molar-refractivity contribution in [1.29, 1.82) is 0 Å². The van der Waals surface area contributed by atoms with Crippen molar-refractivity contribution < 1.29 is 0 Å². The summed E-state index contributed by atoms with van der Waals surface area (Å²) in [6.07, 6.45) is 4.80. The van der Waals surface area contributed by atoms with Crippen LogP contribution in [0.5, 0.6) is 0 Å². The number of nitrogens with zero attached hydrogens (tertiary/aromatic N) is 4. The number of fused-ring (bicyclic) bond motifs is 1. The zero-order valence-electron chi connectivity index (χ0n) is 12.6. The number of anilines is 2. The van der Waals surface area contributed by atoms with Crippen LogP contribution in [0.15, 0.2) is 6.07 Å². The molecule has 0 saturated carbocycles. The molecule has 2 saturated heterocycles. The highest BCUT2D eigenvalue weighted by Gasteiger charge is 2.29. The fourth-order valence-electron chi connectivity index (χ4n) is 3.35. The molecule has 1 atom stereocenters. The van der Waals surface area contributed by atoms with E-state index in [9.17, 15) is 0 Å². The van der Waals surface area contributed by atoms with Gasteiger partial charge in [-0.3, -0.25) is 4.90 Å². The average Bonchev–Trinajstić information content (AvgIpc) is 2.83. The Morgan fingerprint density at radius 1 is 1.25 bits per heavy atom. The first-order valence-electron chi connectivity index (χ1n) is 7.85. The van der Waals surface area contributed by atoms with Crippen molar-refractivity contribution in [2.45, 2.75) is 38.6 Å². The Kier molecular flexibility index (Phi) is 4.05. The van der Waals surface area contributed by atoms with Gasteiger partial charge >= 0.3 is 0 Å². The lowest BCUT2D eigenvalue weighted by atomic mass is 10.2. The number of aromatic nitrogens is 2. The van der Waals surface area contributed by atoms with Gasteiger partial charge in [0.05, 0.1) is 0 Å². The zero-order chi connectivity index (χ0) is 13.9. The van der Waals surface area contributed by atoms with Crippen LogP contribution in [0, 0.1) is 0 Å². The third-order valence-electron chi connectivity index (χ3n) is 4.46. The molecule has 1 aromatic rings. The van der Waals surface area contributed by atoms with Gasteiger partial charge in [0, 0.05) is 45.2 Å². The number of rotatable bonds is 3. The number of hydrogen-bond donors (Lipinski definition) is 1. The Bertz CT molecular complexity index is 439. The van der Waals surface area contributed by atoms with Crippen molar-refractivity contribution in [3.05, 3.63) is 11.9 Å². The van der Waals surface area contributed by atoms with Crippen LogP contribution < -0.4 is 10.2 Å². The van der Waals surface area contributed by atoms with Gasteiger partial charge in [0.25, 0.3) is 0 Å². The van der Waals surface area contributed by atoms with E-state index < -0.39 is 0 Å². The predicted molar refractivity (Wildman–Crippen MR) is 82.4 cm³/mol. The van der Waals surface area contributed by atoms with Gasteiger partial charge in [-0.05, 0) is 25.8 Å². The average molecular weight is 275 g/mol. The van der Waals surface area contributed by atoms with Crippen molar-refractivity contribution in [3.8, 4) is 0 Å². The summed E-state index contributed by atoms with van der Waals surface area (Å²) in [4.78, 5) is 14.3. The van der Waals surface area contributed by atoms with Gasteiger partial charge in [-0.25, -0.2) is 9.97 Å². The molecule has 20 heavy (non-hydrogen) atoms. The van der Waals surface area contributed by atoms with E-state index >= 15 is 0 Å². The Hall–Kier alpha value is -1.36. The molecule has 2 aliphatic heterocycles. The minimum Gasteiger partial charge on any atom is -0.373 e. The molecule has 0 bridgehead atoms. The summed E-state index contributed by atoms with van der Waals surface area (Å²) in [5.74, 6) is 2.95. The van der Waals surface area contributed by atoms with E-state index in [1.807, 2.05) is 7.05 Å². The number of nitrogens with one attached hydrogen (secondary N) is 1. The molecular weight excluding hydrogens is 250 g/mol. The van der Waals surface area contributed by atoms with Crippen LogP contribution in [0.1, 0.15) is 32.0 Å². The molecule has 1 aromatic heterocycles. The monoisotopic (exact) mass is 275 g/mol. The molecule has 3 heterocycles. The van der Waals surface area contributed by atoms with Gasteiger partial charge in [-0.1, -0.05) is 6.92 Å². The summed E-state index contributed by atoms with van der Waals surface area (Å²) in [7, 11) is 1.92. The molecule has 1 N–H and O–H groups in total. The SMILES string of the molecule is CCc1nc(NC)cc(N2CCCN3CCCC3C2)n1. The van der Waals surface area contributed by atoms with E-state index in [1.165, 1.54) is 32.4 Å². The highest BCUT2D eigenvalue weighted by atomic mass is 15.3. The molecule has 0 radical (unpaired) electrons. The van der Waals surface area contributed by atoms with Crippen molar-refractivity contribution in [2.24, 2.45) is 0 Å². The highest BCUT2D eigenvalue weighted by Crippen LogP contribution is 2.25. The highest BCUT2D eigenvalue weighted by molar-refractivity contribution is 5.49. The summed E-state index contributed by atoms with van der Waals surface area (Å²) < 4.78 is 0. The minimum atomic E-state index is 0.718. The van der Waals surface area contributed by atoms with Crippen LogP contribution in [0.25, 0.3) is 0 Å². The summed E-state index contributed by atoms with van der Waals surface area (Å²) in [5, 5.41) is 3.15. The first-order chi connectivity index (χ1) is 9.80. The second-order valence-electron chi connectivity index (χ2n) is 5.76.